The number of carbonyl (C=O) groups excluding carboxylic acids is 1. The Labute approximate surface area is 137 Å². The number of pyridine rings is 1. The van der Waals surface area contributed by atoms with Crippen LogP contribution in [0.1, 0.15) is 31.9 Å². The third kappa shape index (κ3) is 3.12. The fourth-order valence-electron chi connectivity index (χ4n) is 3.57. The lowest BCUT2D eigenvalue weighted by Crippen LogP contribution is -2.38. The number of sulfonamides is 1. The van der Waals surface area contributed by atoms with Gasteiger partial charge in [-0.15, -0.1) is 0 Å². The second kappa shape index (κ2) is 6.20. The smallest absolute Gasteiger partial charge is 0.230 e. The van der Waals surface area contributed by atoms with Crippen molar-refractivity contribution in [1.82, 2.24) is 14.2 Å². The van der Waals surface area contributed by atoms with E-state index < -0.39 is 15.4 Å². The molecule has 1 unspecified atom stereocenters. The van der Waals surface area contributed by atoms with Gasteiger partial charge in [-0.25, -0.2) is 12.7 Å². The van der Waals surface area contributed by atoms with Gasteiger partial charge in [0, 0.05) is 25.8 Å². The molecule has 1 amide bonds. The predicted octanol–water partition coefficient (Wildman–Crippen LogP) is 1.25. The van der Waals surface area contributed by atoms with Gasteiger partial charge in [0.1, 0.15) is 0 Å². The van der Waals surface area contributed by atoms with Crippen molar-refractivity contribution in [2.24, 2.45) is 5.41 Å². The first kappa shape index (κ1) is 16.4. The molecule has 2 saturated heterocycles. The first-order valence-corrected chi connectivity index (χ1v) is 9.75. The van der Waals surface area contributed by atoms with E-state index in [1.54, 1.807) is 6.20 Å². The van der Waals surface area contributed by atoms with Gasteiger partial charge in [-0.3, -0.25) is 9.78 Å². The summed E-state index contributed by atoms with van der Waals surface area (Å²) in [4.78, 5) is 18.9. The molecular weight excluding hydrogens is 314 g/mol. The van der Waals surface area contributed by atoms with Gasteiger partial charge in [0.15, 0.2) is 0 Å². The SMILES string of the molecule is CCCS(=O)(=O)N1CCC2(CCN(Cc3ccccn3)C2=O)C1. The Kier molecular flexibility index (Phi) is 4.42. The van der Waals surface area contributed by atoms with Crippen LogP contribution in [0.25, 0.3) is 0 Å². The third-order valence-corrected chi connectivity index (χ3v) is 6.88. The molecule has 2 aliphatic heterocycles. The van der Waals surface area contributed by atoms with Gasteiger partial charge >= 0.3 is 0 Å². The number of rotatable bonds is 5. The highest BCUT2D eigenvalue weighted by atomic mass is 32.2. The molecule has 1 atom stereocenters. The molecule has 7 heteroatoms. The normalized spacial score (nSPS) is 25.6. The summed E-state index contributed by atoms with van der Waals surface area (Å²) in [5, 5.41) is 0. The Hall–Kier alpha value is -1.47. The molecular formula is C16H23N3O3S. The number of amides is 1. The summed E-state index contributed by atoms with van der Waals surface area (Å²) in [5.74, 6) is 0.243. The summed E-state index contributed by atoms with van der Waals surface area (Å²) in [5.41, 5.74) is 0.349. The van der Waals surface area contributed by atoms with E-state index in [0.29, 0.717) is 39.0 Å². The van der Waals surface area contributed by atoms with E-state index in [1.165, 1.54) is 4.31 Å². The predicted molar refractivity (Wildman–Crippen MR) is 87.0 cm³/mol. The molecule has 0 N–H and O–H groups in total. The zero-order valence-corrected chi connectivity index (χ0v) is 14.3. The van der Waals surface area contributed by atoms with E-state index in [2.05, 4.69) is 4.98 Å². The minimum Gasteiger partial charge on any atom is -0.336 e. The standard InChI is InChI=1S/C16H23N3O3S/c1-2-11-23(21,22)19-10-7-16(13-19)6-9-18(15(16)20)12-14-5-3-4-8-17-14/h3-5,8H,2,6-7,9-13H2,1H3. The van der Waals surface area contributed by atoms with Crippen molar-refractivity contribution in [1.29, 1.82) is 0 Å². The first-order valence-electron chi connectivity index (χ1n) is 8.14. The summed E-state index contributed by atoms with van der Waals surface area (Å²) in [6, 6.07) is 5.67. The van der Waals surface area contributed by atoms with Crippen molar-refractivity contribution in [3.63, 3.8) is 0 Å². The zero-order valence-electron chi connectivity index (χ0n) is 13.4. The fourth-order valence-corrected chi connectivity index (χ4v) is 5.16. The Balaban J connectivity index is 1.70. The molecule has 23 heavy (non-hydrogen) atoms. The van der Waals surface area contributed by atoms with Crippen LogP contribution in [-0.4, -0.2) is 53.9 Å². The van der Waals surface area contributed by atoms with Gasteiger partial charge < -0.3 is 4.90 Å². The minimum atomic E-state index is -3.22. The van der Waals surface area contributed by atoms with Gasteiger partial charge in [0.25, 0.3) is 0 Å². The van der Waals surface area contributed by atoms with E-state index in [4.69, 9.17) is 0 Å². The maximum atomic E-state index is 12.8. The van der Waals surface area contributed by atoms with Gasteiger partial charge in [0.2, 0.25) is 15.9 Å². The van der Waals surface area contributed by atoms with Gasteiger partial charge in [-0.05, 0) is 31.4 Å². The Morgan fingerprint density at radius 2 is 2.04 bits per heavy atom. The summed E-state index contributed by atoms with van der Waals surface area (Å²) in [6.07, 6.45) is 3.69. The van der Waals surface area contributed by atoms with Crippen LogP contribution < -0.4 is 0 Å². The summed E-state index contributed by atoms with van der Waals surface area (Å²) < 4.78 is 26.0. The quantitative estimate of drug-likeness (QED) is 0.811. The second-order valence-corrected chi connectivity index (χ2v) is 8.57. The number of likely N-dealkylation sites (tertiary alicyclic amines) is 1. The molecule has 3 heterocycles. The molecule has 126 valence electrons. The molecule has 0 bridgehead atoms. The van der Waals surface area contributed by atoms with Crippen molar-refractivity contribution >= 4 is 15.9 Å². The monoisotopic (exact) mass is 337 g/mol. The van der Waals surface area contributed by atoms with Gasteiger partial charge in [-0.1, -0.05) is 13.0 Å². The van der Waals surface area contributed by atoms with Gasteiger partial charge in [0.05, 0.1) is 23.4 Å². The highest BCUT2D eigenvalue weighted by Crippen LogP contribution is 2.42. The molecule has 2 aliphatic rings. The van der Waals surface area contributed by atoms with Crippen molar-refractivity contribution in [3.05, 3.63) is 30.1 Å². The lowest BCUT2D eigenvalue weighted by Gasteiger charge is -2.23. The van der Waals surface area contributed by atoms with E-state index in [0.717, 1.165) is 12.1 Å². The fraction of sp³-hybridized carbons (Fsp3) is 0.625. The van der Waals surface area contributed by atoms with Crippen LogP contribution in [0.2, 0.25) is 0 Å². The maximum Gasteiger partial charge on any atom is 0.230 e. The summed E-state index contributed by atoms with van der Waals surface area (Å²) in [6.45, 7) is 3.84. The molecule has 1 spiro atoms. The lowest BCUT2D eigenvalue weighted by molar-refractivity contribution is -0.135. The molecule has 0 radical (unpaired) electrons. The number of hydrogen-bond acceptors (Lipinski definition) is 4. The van der Waals surface area contributed by atoms with E-state index in [-0.39, 0.29) is 11.7 Å². The topological polar surface area (TPSA) is 70.6 Å². The number of carbonyl (C=O) groups is 1. The van der Waals surface area contributed by atoms with Crippen molar-refractivity contribution in [2.45, 2.75) is 32.7 Å². The molecule has 2 fully saturated rings. The average Bonchev–Trinajstić information content (AvgIpc) is 3.09. The van der Waals surface area contributed by atoms with Gasteiger partial charge in [-0.2, -0.15) is 0 Å². The van der Waals surface area contributed by atoms with Crippen LogP contribution in [0.4, 0.5) is 0 Å². The first-order chi connectivity index (χ1) is 11.0. The highest BCUT2D eigenvalue weighted by Gasteiger charge is 2.52. The molecule has 1 aromatic rings. The summed E-state index contributed by atoms with van der Waals surface area (Å²) >= 11 is 0. The zero-order chi connectivity index (χ0) is 16.5. The molecule has 0 saturated carbocycles. The van der Waals surface area contributed by atoms with Crippen molar-refractivity contribution in [2.75, 3.05) is 25.4 Å². The number of hydrogen-bond donors (Lipinski definition) is 0. The van der Waals surface area contributed by atoms with Crippen LogP contribution >= 0.6 is 0 Å². The minimum absolute atomic E-state index is 0.0809. The van der Waals surface area contributed by atoms with Crippen LogP contribution in [0.3, 0.4) is 0 Å². The lowest BCUT2D eigenvalue weighted by atomic mass is 9.86. The van der Waals surface area contributed by atoms with E-state index in [9.17, 15) is 13.2 Å². The number of nitrogens with zero attached hydrogens (tertiary/aromatic N) is 3. The second-order valence-electron chi connectivity index (χ2n) is 6.48. The van der Waals surface area contributed by atoms with Crippen LogP contribution in [0.15, 0.2) is 24.4 Å². The largest absolute Gasteiger partial charge is 0.336 e. The third-order valence-electron chi connectivity index (χ3n) is 4.85. The van der Waals surface area contributed by atoms with Crippen LogP contribution in [0.5, 0.6) is 0 Å². The van der Waals surface area contributed by atoms with Crippen LogP contribution in [0, 0.1) is 5.41 Å². The van der Waals surface area contributed by atoms with E-state index >= 15 is 0 Å². The molecule has 0 aliphatic carbocycles. The highest BCUT2D eigenvalue weighted by molar-refractivity contribution is 7.89. The van der Waals surface area contributed by atoms with Crippen molar-refractivity contribution in [3.8, 4) is 0 Å². The molecule has 0 aromatic carbocycles. The Morgan fingerprint density at radius 1 is 1.26 bits per heavy atom. The van der Waals surface area contributed by atoms with Crippen molar-refractivity contribution < 1.29 is 13.2 Å². The van der Waals surface area contributed by atoms with E-state index in [1.807, 2.05) is 30.0 Å². The summed E-state index contributed by atoms with van der Waals surface area (Å²) in [7, 11) is -3.22. The molecule has 1 aromatic heterocycles. The Bertz CT molecular complexity index is 677. The number of aromatic nitrogens is 1. The molecule has 6 nitrogen and oxygen atoms in total. The molecule has 3 rings (SSSR count). The van der Waals surface area contributed by atoms with Crippen LogP contribution in [-0.2, 0) is 21.4 Å². The Morgan fingerprint density at radius 3 is 2.74 bits per heavy atom. The average molecular weight is 337 g/mol. The maximum absolute atomic E-state index is 12.8.